The second-order valence-corrected chi connectivity index (χ2v) is 6.34. The summed E-state index contributed by atoms with van der Waals surface area (Å²) in [6, 6.07) is 8.42. The lowest BCUT2D eigenvalue weighted by molar-refractivity contribution is 0.617. The number of benzene rings is 1. The Morgan fingerprint density at radius 3 is 2.71 bits per heavy atom. The van der Waals surface area contributed by atoms with Gasteiger partial charge in [0.15, 0.2) is 11.0 Å². The molecule has 0 bridgehead atoms. The van der Waals surface area contributed by atoms with E-state index in [2.05, 4.69) is 21.8 Å². The van der Waals surface area contributed by atoms with Crippen molar-refractivity contribution in [1.82, 2.24) is 19.7 Å². The highest BCUT2D eigenvalue weighted by Gasteiger charge is 2.14. The SMILES string of the molecule is C=CCn1c(SCc2ccc(Cl)cc2F)nnc1-c1ccncc1. The van der Waals surface area contributed by atoms with E-state index in [0.29, 0.717) is 28.0 Å². The Kier molecular flexibility index (Phi) is 5.27. The summed E-state index contributed by atoms with van der Waals surface area (Å²) in [7, 11) is 0. The zero-order valence-corrected chi connectivity index (χ0v) is 14.3. The first-order valence-electron chi connectivity index (χ1n) is 7.20. The third kappa shape index (κ3) is 3.66. The molecule has 0 atom stereocenters. The molecule has 0 amide bonds. The Labute approximate surface area is 148 Å². The van der Waals surface area contributed by atoms with Crippen molar-refractivity contribution >= 4 is 23.4 Å². The molecule has 2 aromatic heterocycles. The van der Waals surface area contributed by atoms with Crippen molar-refractivity contribution in [1.29, 1.82) is 0 Å². The first-order valence-corrected chi connectivity index (χ1v) is 8.56. The zero-order chi connectivity index (χ0) is 16.9. The largest absolute Gasteiger partial charge is 0.298 e. The smallest absolute Gasteiger partial charge is 0.192 e. The van der Waals surface area contributed by atoms with Crippen LogP contribution in [0.3, 0.4) is 0 Å². The molecule has 4 nitrogen and oxygen atoms in total. The number of rotatable bonds is 6. The number of aromatic nitrogens is 4. The van der Waals surface area contributed by atoms with Crippen molar-refractivity contribution in [2.24, 2.45) is 0 Å². The van der Waals surface area contributed by atoms with Crippen LogP contribution in [0.5, 0.6) is 0 Å². The number of hydrogen-bond donors (Lipinski definition) is 0. The van der Waals surface area contributed by atoms with E-state index in [1.54, 1.807) is 30.6 Å². The molecular formula is C17H14ClFN4S. The molecule has 0 saturated heterocycles. The molecule has 3 aromatic rings. The van der Waals surface area contributed by atoms with Crippen LogP contribution >= 0.6 is 23.4 Å². The first-order chi connectivity index (χ1) is 11.7. The average Bonchev–Trinajstić information content (AvgIpc) is 2.98. The second kappa shape index (κ2) is 7.59. The molecule has 0 fully saturated rings. The molecule has 0 N–H and O–H groups in total. The quantitative estimate of drug-likeness (QED) is 0.475. The monoisotopic (exact) mass is 360 g/mol. The number of allylic oxidation sites excluding steroid dienone is 1. The van der Waals surface area contributed by atoms with Crippen LogP contribution in [-0.4, -0.2) is 19.7 Å². The molecule has 0 saturated carbocycles. The second-order valence-electron chi connectivity index (χ2n) is 4.97. The minimum atomic E-state index is -0.320. The lowest BCUT2D eigenvalue weighted by atomic mass is 10.2. The lowest BCUT2D eigenvalue weighted by Gasteiger charge is -2.08. The number of halogens is 2. The van der Waals surface area contributed by atoms with Crippen LogP contribution in [-0.2, 0) is 12.3 Å². The summed E-state index contributed by atoms with van der Waals surface area (Å²) < 4.78 is 15.9. The van der Waals surface area contributed by atoms with Crippen LogP contribution in [0, 0.1) is 5.82 Å². The summed E-state index contributed by atoms with van der Waals surface area (Å²) in [4.78, 5) is 4.01. The van der Waals surface area contributed by atoms with Gasteiger partial charge in [0.25, 0.3) is 0 Å². The molecule has 7 heteroatoms. The van der Waals surface area contributed by atoms with Gasteiger partial charge in [0.05, 0.1) is 0 Å². The van der Waals surface area contributed by atoms with Crippen LogP contribution < -0.4 is 0 Å². The minimum Gasteiger partial charge on any atom is -0.298 e. The molecule has 3 rings (SSSR count). The lowest BCUT2D eigenvalue weighted by Crippen LogP contribution is -2.01. The maximum Gasteiger partial charge on any atom is 0.192 e. The van der Waals surface area contributed by atoms with Gasteiger partial charge in [-0.05, 0) is 29.8 Å². The van der Waals surface area contributed by atoms with E-state index in [4.69, 9.17) is 11.6 Å². The van der Waals surface area contributed by atoms with Gasteiger partial charge >= 0.3 is 0 Å². The zero-order valence-electron chi connectivity index (χ0n) is 12.7. The average molecular weight is 361 g/mol. The fourth-order valence-electron chi connectivity index (χ4n) is 2.18. The van der Waals surface area contributed by atoms with Crippen LogP contribution in [0.2, 0.25) is 5.02 Å². The van der Waals surface area contributed by atoms with Crippen molar-refractivity contribution < 1.29 is 4.39 Å². The molecule has 0 spiro atoms. The fourth-order valence-corrected chi connectivity index (χ4v) is 3.28. The number of thioether (sulfide) groups is 1. The van der Waals surface area contributed by atoms with Gasteiger partial charge in [-0.1, -0.05) is 35.5 Å². The van der Waals surface area contributed by atoms with E-state index >= 15 is 0 Å². The van der Waals surface area contributed by atoms with Crippen molar-refractivity contribution in [2.75, 3.05) is 0 Å². The van der Waals surface area contributed by atoms with Gasteiger partial charge in [0, 0.05) is 35.3 Å². The van der Waals surface area contributed by atoms with Crippen molar-refractivity contribution in [2.45, 2.75) is 17.5 Å². The predicted octanol–water partition coefficient (Wildman–Crippen LogP) is 4.61. The van der Waals surface area contributed by atoms with Gasteiger partial charge in [-0.2, -0.15) is 0 Å². The summed E-state index contributed by atoms with van der Waals surface area (Å²) in [5, 5.41) is 9.58. The van der Waals surface area contributed by atoms with E-state index in [1.807, 2.05) is 16.7 Å². The molecule has 1 aromatic carbocycles. The van der Waals surface area contributed by atoms with Crippen LogP contribution in [0.15, 0.2) is 60.5 Å². The normalized spacial score (nSPS) is 10.8. The van der Waals surface area contributed by atoms with Crippen molar-refractivity contribution in [3.05, 3.63) is 71.8 Å². The molecule has 122 valence electrons. The molecule has 0 aliphatic heterocycles. The number of hydrogen-bond acceptors (Lipinski definition) is 4. The highest BCUT2D eigenvalue weighted by Crippen LogP contribution is 2.27. The standard InChI is InChI=1S/C17H14ClFN4S/c1-2-9-23-16(12-5-7-20-8-6-12)21-22-17(23)24-11-13-3-4-14(18)10-15(13)19/h2-8,10H,1,9,11H2. The van der Waals surface area contributed by atoms with E-state index in [-0.39, 0.29) is 5.82 Å². The molecule has 2 heterocycles. The molecule has 24 heavy (non-hydrogen) atoms. The number of nitrogens with zero attached hydrogens (tertiary/aromatic N) is 4. The summed E-state index contributed by atoms with van der Waals surface area (Å²) in [5.74, 6) is 0.852. The summed E-state index contributed by atoms with van der Waals surface area (Å²) in [6.07, 6.45) is 5.19. The van der Waals surface area contributed by atoms with Crippen LogP contribution in [0.25, 0.3) is 11.4 Å². The molecular weight excluding hydrogens is 347 g/mol. The van der Waals surface area contributed by atoms with Gasteiger partial charge in [-0.25, -0.2) is 4.39 Å². The Morgan fingerprint density at radius 1 is 1.21 bits per heavy atom. The van der Waals surface area contributed by atoms with E-state index in [0.717, 1.165) is 11.4 Å². The Balaban J connectivity index is 1.85. The third-order valence-electron chi connectivity index (χ3n) is 3.34. The minimum absolute atomic E-state index is 0.320. The first kappa shape index (κ1) is 16.7. The summed E-state index contributed by atoms with van der Waals surface area (Å²) >= 11 is 7.20. The maximum absolute atomic E-state index is 13.9. The number of pyridine rings is 1. The highest BCUT2D eigenvalue weighted by molar-refractivity contribution is 7.98. The van der Waals surface area contributed by atoms with Crippen LogP contribution in [0.1, 0.15) is 5.56 Å². The van der Waals surface area contributed by atoms with Gasteiger partial charge in [-0.15, -0.1) is 16.8 Å². The predicted molar refractivity (Wildman–Crippen MR) is 94.4 cm³/mol. The highest BCUT2D eigenvalue weighted by atomic mass is 35.5. The Hall–Kier alpha value is -2.18. The third-order valence-corrected chi connectivity index (χ3v) is 4.59. The van der Waals surface area contributed by atoms with Crippen LogP contribution in [0.4, 0.5) is 4.39 Å². The van der Waals surface area contributed by atoms with Crippen molar-refractivity contribution in [3.8, 4) is 11.4 Å². The Morgan fingerprint density at radius 2 is 2.00 bits per heavy atom. The topological polar surface area (TPSA) is 43.6 Å². The molecule has 0 aliphatic carbocycles. The summed E-state index contributed by atoms with van der Waals surface area (Å²) in [6.45, 7) is 4.35. The maximum atomic E-state index is 13.9. The summed E-state index contributed by atoms with van der Waals surface area (Å²) in [5.41, 5.74) is 1.49. The fraction of sp³-hybridized carbons (Fsp3) is 0.118. The van der Waals surface area contributed by atoms with Crippen molar-refractivity contribution in [3.63, 3.8) is 0 Å². The van der Waals surface area contributed by atoms with E-state index in [1.165, 1.54) is 17.8 Å². The van der Waals surface area contributed by atoms with Gasteiger partial charge < -0.3 is 0 Å². The van der Waals surface area contributed by atoms with E-state index in [9.17, 15) is 4.39 Å². The molecule has 0 radical (unpaired) electrons. The Bertz CT molecular complexity index is 851. The van der Waals surface area contributed by atoms with Gasteiger partial charge in [0.2, 0.25) is 0 Å². The van der Waals surface area contributed by atoms with E-state index < -0.39 is 0 Å². The molecule has 0 unspecified atom stereocenters. The molecule has 0 aliphatic rings. The van der Waals surface area contributed by atoms with Gasteiger partial charge in [0.1, 0.15) is 5.82 Å². The van der Waals surface area contributed by atoms with Gasteiger partial charge in [-0.3, -0.25) is 9.55 Å².